The van der Waals surface area contributed by atoms with Crippen LogP contribution in [0.2, 0.25) is 0 Å². The highest BCUT2D eigenvalue weighted by Gasteiger charge is 2.27. The van der Waals surface area contributed by atoms with Crippen molar-refractivity contribution in [2.75, 3.05) is 13.1 Å². The fourth-order valence-electron chi connectivity index (χ4n) is 3.61. The van der Waals surface area contributed by atoms with E-state index >= 15 is 0 Å². The van der Waals surface area contributed by atoms with E-state index in [-0.39, 0.29) is 11.5 Å². The summed E-state index contributed by atoms with van der Waals surface area (Å²) in [6, 6.07) is 5.89. The van der Waals surface area contributed by atoms with E-state index in [1.165, 1.54) is 24.4 Å². The summed E-state index contributed by atoms with van der Waals surface area (Å²) in [5.41, 5.74) is 2.38. The normalized spacial score (nSPS) is 18.6. The smallest absolute Gasteiger partial charge is 0.134 e. The van der Waals surface area contributed by atoms with Crippen LogP contribution in [0, 0.1) is 11.6 Å². The minimum absolute atomic E-state index is 0.00283. The lowest BCUT2D eigenvalue weighted by molar-refractivity contribution is 0.196. The van der Waals surface area contributed by atoms with E-state index in [2.05, 4.69) is 25.3 Å². The molecule has 1 atom stereocenters. The van der Waals surface area contributed by atoms with Gasteiger partial charge < -0.3 is 0 Å². The first-order valence-corrected chi connectivity index (χ1v) is 8.40. The number of hydrogen-bond donors (Lipinski definition) is 2. The van der Waals surface area contributed by atoms with Gasteiger partial charge in [-0.15, -0.1) is 0 Å². The van der Waals surface area contributed by atoms with Crippen molar-refractivity contribution in [3.63, 3.8) is 0 Å². The van der Waals surface area contributed by atoms with Crippen LogP contribution in [-0.2, 0) is 6.54 Å². The summed E-state index contributed by atoms with van der Waals surface area (Å²) >= 11 is 0. The van der Waals surface area contributed by atoms with Gasteiger partial charge >= 0.3 is 0 Å². The van der Waals surface area contributed by atoms with Crippen molar-refractivity contribution in [3.05, 3.63) is 59.7 Å². The van der Waals surface area contributed by atoms with Gasteiger partial charge in [0.15, 0.2) is 0 Å². The van der Waals surface area contributed by atoms with E-state index in [0.29, 0.717) is 5.56 Å². The molecule has 3 aromatic rings. The minimum atomic E-state index is -0.562. The summed E-state index contributed by atoms with van der Waals surface area (Å²) < 4.78 is 28.4. The van der Waals surface area contributed by atoms with Crippen molar-refractivity contribution in [1.82, 2.24) is 25.3 Å². The van der Waals surface area contributed by atoms with Crippen LogP contribution in [0.25, 0.3) is 11.1 Å². The summed E-state index contributed by atoms with van der Waals surface area (Å²) in [5, 5.41) is 14.0. The van der Waals surface area contributed by atoms with Crippen LogP contribution in [0.4, 0.5) is 8.78 Å². The number of H-pyrrole nitrogens is 2. The summed E-state index contributed by atoms with van der Waals surface area (Å²) in [5.74, 6) is -0.964. The first-order chi connectivity index (χ1) is 12.2. The summed E-state index contributed by atoms with van der Waals surface area (Å²) in [6.07, 6.45) is 5.25. The van der Waals surface area contributed by atoms with Crippen molar-refractivity contribution < 1.29 is 8.78 Å². The largest absolute Gasteiger partial charge is 0.297 e. The Hall–Kier alpha value is -2.54. The molecular weight excluding hydrogens is 324 g/mol. The predicted molar refractivity (Wildman–Crippen MR) is 89.8 cm³/mol. The molecule has 1 unspecified atom stereocenters. The van der Waals surface area contributed by atoms with Gasteiger partial charge in [-0.2, -0.15) is 10.2 Å². The molecule has 1 aromatic carbocycles. The molecule has 0 radical (unpaired) electrons. The third-order valence-electron chi connectivity index (χ3n) is 4.77. The zero-order valence-corrected chi connectivity index (χ0v) is 13.7. The summed E-state index contributed by atoms with van der Waals surface area (Å²) in [7, 11) is 0. The van der Waals surface area contributed by atoms with Gasteiger partial charge in [0, 0.05) is 42.2 Å². The molecule has 0 bridgehead atoms. The molecule has 25 heavy (non-hydrogen) atoms. The van der Waals surface area contributed by atoms with Gasteiger partial charge in [-0.3, -0.25) is 15.1 Å². The predicted octanol–water partition coefficient (Wildman–Crippen LogP) is 3.46. The number of piperidine rings is 1. The second-order valence-corrected chi connectivity index (χ2v) is 6.45. The number of aromatic amines is 2. The van der Waals surface area contributed by atoms with Crippen LogP contribution in [0.1, 0.15) is 30.1 Å². The maximum Gasteiger partial charge on any atom is 0.134 e. The van der Waals surface area contributed by atoms with Crippen molar-refractivity contribution in [3.8, 4) is 11.1 Å². The average molecular weight is 343 g/mol. The Morgan fingerprint density at radius 3 is 2.72 bits per heavy atom. The quantitative estimate of drug-likeness (QED) is 0.763. The van der Waals surface area contributed by atoms with Crippen LogP contribution >= 0.6 is 0 Å². The van der Waals surface area contributed by atoms with Gasteiger partial charge in [0.25, 0.3) is 0 Å². The van der Waals surface area contributed by atoms with Crippen LogP contribution in [0.15, 0.2) is 36.7 Å². The van der Waals surface area contributed by atoms with Crippen molar-refractivity contribution in [1.29, 1.82) is 0 Å². The van der Waals surface area contributed by atoms with Crippen LogP contribution in [-0.4, -0.2) is 38.4 Å². The van der Waals surface area contributed by atoms with Crippen molar-refractivity contribution in [2.45, 2.75) is 25.3 Å². The van der Waals surface area contributed by atoms with E-state index in [1.807, 2.05) is 6.07 Å². The standard InChI is InChI=1S/C18H19F2N5/c19-15-4-1-5-16(20)17(15)14-9-22-24-18(14)12-3-2-8-25(10-12)11-13-6-7-21-23-13/h1,4-7,9,12H,2-3,8,10-11H2,(H,21,23)(H,22,24). The average Bonchev–Trinajstić information content (AvgIpc) is 3.27. The molecule has 0 spiro atoms. The van der Waals surface area contributed by atoms with E-state index in [1.54, 1.807) is 6.20 Å². The Kier molecular flexibility index (Phi) is 4.31. The molecule has 1 fully saturated rings. The Labute approximate surface area is 144 Å². The van der Waals surface area contributed by atoms with Gasteiger partial charge in [-0.05, 0) is 37.6 Å². The summed E-state index contributed by atoms with van der Waals surface area (Å²) in [6.45, 7) is 2.59. The number of halogens is 2. The van der Waals surface area contributed by atoms with E-state index < -0.39 is 11.6 Å². The highest BCUT2D eigenvalue weighted by Crippen LogP contribution is 2.35. The monoisotopic (exact) mass is 343 g/mol. The van der Waals surface area contributed by atoms with Crippen LogP contribution in [0.3, 0.4) is 0 Å². The van der Waals surface area contributed by atoms with Gasteiger partial charge in [-0.1, -0.05) is 6.07 Å². The number of nitrogens with one attached hydrogen (secondary N) is 2. The first kappa shape index (κ1) is 16.0. The highest BCUT2D eigenvalue weighted by atomic mass is 19.1. The lowest BCUT2D eigenvalue weighted by atomic mass is 9.90. The Balaban J connectivity index is 1.59. The molecule has 2 aromatic heterocycles. The van der Waals surface area contributed by atoms with Gasteiger partial charge in [-0.25, -0.2) is 8.78 Å². The molecule has 130 valence electrons. The number of nitrogens with zero attached hydrogens (tertiary/aromatic N) is 3. The third kappa shape index (κ3) is 3.19. The second kappa shape index (κ2) is 6.76. The Morgan fingerprint density at radius 2 is 1.96 bits per heavy atom. The topological polar surface area (TPSA) is 60.6 Å². The molecule has 0 amide bonds. The van der Waals surface area contributed by atoms with Gasteiger partial charge in [0.05, 0.1) is 11.8 Å². The molecule has 1 saturated heterocycles. The van der Waals surface area contributed by atoms with Crippen LogP contribution < -0.4 is 0 Å². The highest BCUT2D eigenvalue weighted by molar-refractivity contribution is 5.67. The molecule has 0 aliphatic carbocycles. The minimum Gasteiger partial charge on any atom is -0.297 e. The SMILES string of the molecule is Fc1cccc(F)c1-c1cn[nH]c1C1CCCN(Cc2ccn[nH]2)C1. The third-order valence-corrected chi connectivity index (χ3v) is 4.77. The number of rotatable bonds is 4. The molecule has 1 aliphatic rings. The zero-order valence-electron chi connectivity index (χ0n) is 13.7. The fraction of sp³-hybridized carbons (Fsp3) is 0.333. The van der Waals surface area contributed by atoms with E-state index in [0.717, 1.165) is 43.9 Å². The zero-order chi connectivity index (χ0) is 17.2. The van der Waals surface area contributed by atoms with Crippen molar-refractivity contribution >= 4 is 0 Å². The maximum absolute atomic E-state index is 14.2. The van der Waals surface area contributed by atoms with E-state index in [9.17, 15) is 8.78 Å². The number of likely N-dealkylation sites (tertiary alicyclic amines) is 1. The maximum atomic E-state index is 14.2. The fourth-order valence-corrected chi connectivity index (χ4v) is 3.61. The first-order valence-electron chi connectivity index (χ1n) is 8.40. The number of hydrogen-bond acceptors (Lipinski definition) is 3. The van der Waals surface area contributed by atoms with Gasteiger partial charge in [0.2, 0.25) is 0 Å². The lowest BCUT2D eigenvalue weighted by Crippen LogP contribution is -2.34. The van der Waals surface area contributed by atoms with E-state index in [4.69, 9.17) is 0 Å². The molecule has 1 aliphatic heterocycles. The van der Waals surface area contributed by atoms with Crippen LogP contribution in [0.5, 0.6) is 0 Å². The Morgan fingerprint density at radius 1 is 1.12 bits per heavy atom. The molecule has 3 heterocycles. The molecule has 0 saturated carbocycles. The second-order valence-electron chi connectivity index (χ2n) is 6.45. The molecule has 4 rings (SSSR count). The summed E-state index contributed by atoms with van der Waals surface area (Å²) in [4.78, 5) is 2.32. The lowest BCUT2D eigenvalue weighted by Gasteiger charge is -2.32. The van der Waals surface area contributed by atoms with Gasteiger partial charge in [0.1, 0.15) is 11.6 Å². The number of benzene rings is 1. The molecule has 5 nitrogen and oxygen atoms in total. The molecule has 7 heteroatoms. The molecular formula is C18H19F2N5. The molecule has 2 N–H and O–H groups in total. The number of aromatic nitrogens is 4. The Bertz CT molecular complexity index is 823. The van der Waals surface area contributed by atoms with Crippen molar-refractivity contribution in [2.24, 2.45) is 0 Å².